The van der Waals surface area contributed by atoms with Crippen molar-refractivity contribution in [3.63, 3.8) is 0 Å². The minimum absolute atomic E-state index is 0.00141. The predicted octanol–water partition coefficient (Wildman–Crippen LogP) is 7.76. The Kier molecular flexibility index (Phi) is 12.4. The van der Waals surface area contributed by atoms with Gasteiger partial charge in [0.2, 0.25) is 0 Å². The van der Waals surface area contributed by atoms with Crippen molar-refractivity contribution in [1.82, 2.24) is 10.6 Å². The van der Waals surface area contributed by atoms with Gasteiger partial charge in [0.1, 0.15) is 35.0 Å². The average molecular weight is 955 g/mol. The highest BCUT2D eigenvalue weighted by Gasteiger charge is 2.27. The molecule has 0 saturated heterocycles. The summed E-state index contributed by atoms with van der Waals surface area (Å²) >= 11 is 0. The number of nitrogens with one attached hydrogen (secondary N) is 2. The second kappa shape index (κ2) is 18.9. The monoisotopic (exact) mass is 954 g/mol. The second-order valence-electron chi connectivity index (χ2n) is 16.7. The summed E-state index contributed by atoms with van der Waals surface area (Å²) in [5.74, 6) is -5.02. The van der Waals surface area contributed by atoms with Crippen LogP contribution in [0, 0.1) is 0 Å². The number of carboxylic acid groups (broad SMARTS) is 3. The standard InChI is InChI=1S/C54H42N4O13/c1-4-55-30-8-13-35-44(21-30)70-45-22-31(58(2)3)9-14-36(45)47(35)33-11-6-28(19-39(33)53(65)66)50(61)56-24-27-5-18-43(69-26-27)51(62)57-25-41-42(60)17-16-38-48(37-15-10-32(59)23-46(37)71-49(38)41)34-12-7-29(52(63)64)20-40(34)54(67)68/h5-23,60H,4,24-26H2,1-3H3,(H,56,61)(H,57,62)(H,63,64)(H,65,66)(H,67,68). The van der Waals surface area contributed by atoms with Crippen LogP contribution in [0.1, 0.15) is 53.9 Å². The quantitative estimate of drug-likeness (QED) is 0.0604. The molecule has 6 N–H and O–H groups in total. The molecule has 9 rings (SSSR count). The summed E-state index contributed by atoms with van der Waals surface area (Å²) in [6.07, 6.45) is 3.00. The second-order valence-corrected chi connectivity index (χ2v) is 16.7. The molecule has 0 atom stereocenters. The smallest absolute Gasteiger partial charge is 0.336 e. The highest BCUT2D eigenvalue weighted by atomic mass is 16.5. The zero-order chi connectivity index (χ0) is 50.2. The molecule has 4 aromatic rings. The van der Waals surface area contributed by atoms with E-state index >= 15 is 0 Å². The van der Waals surface area contributed by atoms with Gasteiger partial charge >= 0.3 is 17.9 Å². The van der Waals surface area contributed by atoms with Crippen molar-refractivity contribution in [2.24, 2.45) is 4.99 Å². The Labute approximate surface area is 402 Å². The minimum Gasteiger partial charge on any atom is -0.507 e. The number of hydrogen-bond acceptors (Lipinski definition) is 12. The van der Waals surface area contributed by atoms with E-state index in [1.807, 2.05) is 62.3 Å². The molecule has 2 amide bonds. The summed E-state index contributed by atoms with van der Waals surface area (Å²) < 4.78 is 18.3. The fraction of sp³-hybridized carbons (Fsp3) is 0.130. The number of rotatable bonds is 13. The maximum absolute atomic E-state index is 13.6. The molecule has 0 spiro atoms. The summed E-state index contributed by atoms with van der Waals surface area (Å²) in [6.45, 7) is 2.08. The Hall–Kier alpha value is -9.51. The lowest BCUT2D eigenvalue weighted by Crippen LogP contribution is -2.30. The molecule has 3 heterocycles. The maximum Gasteiger partial charge on any atom is 0.336 e. The number of aromatic carboxylic acids is 3. The van der Waals surface area contributed by atoms with Crippen LogP contribution in [-0.4, -0.2) is 83.9 Å². The Morgan fingerprint density at radius 3 is 1.94 bits per heavy atom. The number of phenols is 1. The molecule has 0 radical (unpaired) electrons. The first-order chi connectivity index (χ1) is 34.1. The summed E-state index contributed by atoms with van der Waals surface area (Å²) in [5.41, 5.74) is 3.53. The fourth-order valence-corrected chi connectivity index (χ4v) is 8.57. The SMILES string of the molecule is CCN=c1ccc2c(-c3ccc(C(=O)NCC4=CC=C(C(=O)NCc5c(O)ccc6c(-c7ccc(C(=O)O)cc7C(=O)O)c7ccc(=O)cc-7oc56)OC4)cc3C(=O)O)c3ccc(N(C)C)cc3oc-2c1. The first-order valence-corrected chi connectivity index (χ1v) is 22.1. The number of nitrogens with zero attached hydrogens (tertiary/aromatic N) is 2. The summed E-state index contributed by atoms with van der Waals surface area (Å²) in [4.78, 5) is 83.0. The molecule has 0 fully saturated rings. The highest BCUT2D eigenvalue weighted by Crippen LogP contribution is 2.45. The number of aromatic hydroxyl groups is 1. The van der Waals surface area contributed by atoms with Gasteiger partial charge in [-0.3, -0.25) is 19.4 Å². The van der Waals surface area contributed by atoms with Gasteiger partial charge in [-0.2, -0.15) is 0 Å². The molecule has 71 heavy (non-hydrogen) atoms. The minimum atomic E-state index is -1.40. The first kappa shape index (κ1) is 46.6. The molecular weight excluding hydrogens is 913 g/mol. The number of fused-ring (bicyclic) bond motifs is 4. The van der Waals surface area contributed by atoms with Crippen molar-refractivity contribution in [2.75, 3.05) is 38.7 Å². The number of hydrogen-bond donors (Lipinski definition) is 6. The lowest BCUT2D eigenvalue weighted by molar-refractivity contribution is -0.121. The number of benzene rings is 6. The third-order valence-corrected chi connectivity index (χ3v) is 12.0. The predicted molar refractivity (Wildman–Crippen MR) is 262 cm³/mol. The van der Waals surface area contributed by atoms with Crippen LogP contribution in [-0.2, 0) is 16.1 Å². The van der Waals surface area contributed by atoms with Gasteiger partial charge in [-0.05, 0) is 102 Å². The van der Waals surface area contributed by atoms with Crippen molar-refractivity contribution in [3.8, 4) is 50.7 Å². The molecule has 17 heteroatoms. The summed E-state index contributed by atoms with van der Waals surface area (Å²) in [7, 11) is 3.81. The van der Waals surface area contributed by atoms with Gasteiger partial charge in [0.15, 0.2) is 11.2 Å². The van der Waals surface area contributed by atoms with E-state index in [4.69, 9.17) is 13.6 Å². The van der Waals surface area contributed by atoms with Crippen LogP contribution in [0.15, 0.2) is 145 Å². The number of ether oxygens (including phenoxy) is 1. The molecule has 3 aliphatic heterocycles. The van der Waals surface area contributed by atoms with E-state index in [0.29, 0.717) is 61.8 Å². The number of carbonyl (C=O) groups is 5. The molecule has 0 saturated carbocycles. The zero-order valence-corrected chi connectivity index (χ0v) is 38.2. The van der Waals surface area contributed by atoms with E-state index in [2.05, 4.69) is 15.6 Å². The number of phenolic OH excluding ortho intramolecular Hbond substituents is 1. The van der Waals surface area contributed by atoms with Crippen LogP contribution in [0.3, 0.4) is 0 Å². The summed E-state index contributed by atoms with van der Waals surface area (Å²) in [5, 5.41) is 48.5. The Morgan fingerprint density at radius 1 is 0.648 bits per heavy atom. The maximum atomic E-state index is 13.6. The largest absolute Gasteiger partial charge is 0.507 e. The van der Waals surface area contributed by atoms with E-state index in [9.17, 15) is 49.2 Å². The van der Waals surface area contributed by atoms with Gasteiger partial charge in [0.05, 0.1) is 34.2 Å². The van der Waals surface area contributed by atoms with Gasteiger partial charge in [0.25, 0.3) is 11.8 Å². The number of carbonyl (C=O) groups excluding carboxylic acids is 2. The van der Waals surface area contributed by atoms with Crippen molar-refractivity contribution >= 4 is 57.3 Å². The number of carboxylic acids is 3. The van der Waals surface area contributed by atoms with Gasteiger partial charge < -0.3 is 49.5 Å². The topological polar surface area (TPSA) is 259 Å². The Balaban J connectivity index is 0.942. The van der Waals surface area contributed by atoms with E-state index in [-0.39, 0.29) is 81.5 Å². The molecule has 0 bridgehead atoms. The van der Waals surface area contributed by atoms with Crippen molar-refractivity contribution < 1.29 is 58.0 Å². The van der Waals surface area contributed by atoms with Gasteiger partial charge in [-0.1, -0.05) is 18.2 Å². The molecule has 356 valence electrons. The van der Waals surface area contributed by atoms with Crippen LogP contribution >= 0.6 is 0 Å². The van der Waals surface area contributed by atoms with E-state index in [1.54, 1.807) is 18.2 Å². The number of amides is 2. The number of anilines is 1. The molecular formula is C54H42N4O13. The van der Waals surface area contributed by atoms with Gasteiger partial charge in [-0.25, -0.2) is 14.4 Å². The fourth-order valence-electron chi connectivity index (χ4n) is 8.57. The lowest BCUT2D eigenvalue weighted by Gasteiger charge is -2.20. The van der Waals surface area contributed by atoms with Crippen molar-refractivity contribution in [2.45, 2.75) is 13.5 Å². The van der Waals surface area contributed by atoms with Crippen LogP contribution in [0.5, 0.6) is 5.75 Å². The van der Waals surface area contributed by atoms with Gasteiger partial charge in [0, 0.05) is 89.7 Å². The lowest BCUT2D eigenvalue weighted by atomic mass is 9.89. The summed E-state index contributed by atoms with van der Waals surface area (Å²) in [6, 6.07) is 26.1. The van der Waals surface area contributed by atoms with Crippen LogP contribution in [0.25, 0.3) is 66.8 Å². The molecule has 4 aromatic carbocycles. The van der Waals surface area contributed by atoms with Crippen molar-refractivity contribution in [1.29, 1.82) is 0 Å². The zero-order valence-electron chi connectivity index (χ0n) is 38.2. The van der Waals surface area contributed by atoms with Crippen LogP contribution in [0.4, 0.5) is 5.69 Å². The van der Waals surface area contributed by atoms with Crippen LogP contribution in [0.2, 0.25) is 0 Å². The molecule has 5 aliphatic rings. The average Bonchev–Trinajstić information content (AvgIpc) is 3.35. The first-order valence-electron chi connectivity index (χ1n) is 22.1. The van der Waals surface area contributed by atoms with E-state index < -0.39 is 35.2 Å². The molecule has 0 unspecified atom stereocenters. The van der Waals surface area contributed by atoms with E-state index in [1.165, 1.54) is 54.6 Å². The Morgan fingerprint density at radius 2 is 1.28 bits per heavy atom. The third-order valence-electron chi connectivity index (χ3n) is 12.0. The molecule has 17 nitrogen and oxygen atoms in total. The number of allylic oxidation sites excluding steroid dienone is 2. The molecule has 2 aliphatic carbocycles. The molecule has 0 aromatic heterocycles. The van der Waals surface area contributed by atoms with Crippen LogP contribution < -0.4 is 26.3 Å². The van der Waals surface area contributed by atoms with Gasteiger partial charge in [-0.15, -0.1) is 0 Å². The Bertz CT molecular complexity index is 3690. The third kappa shape index (κ3) is 9.02. The van der Waals surface area contributed by atoms with E-state index in [0.717, 1.165) is 11.8 Å². The highest BCUT2D eigenvalue weighted by molar-refractivity contribution is 6.11. The normalized spacial score (nSPS) is 12.6. The van der Waals surface area contributed by atoms with Crippen molar-refractivity contribution in [3.05, 3.63) is 170 Å².